The van der Waals surface area contributed by atoms with E-state index in [0.29, 0.717) is 0 Å². The molecule has 0 unspecified atom stereocenters. The summed E-state index contributed by atoms with van der Waals surface area (Å²) in [5.41, 5.74) is 6.09. The van der Waals surface area contributed by atoms with Gasteiger partial charge in [-0.15, -0.1) is 0 Å². The van der Waals surface area contributed by atoms with Crippen LogP contribution in [0.4, 0.5) is 5.69 Å². The average molecular weight is 306 g/mol. The number of ether oxygens (including phenoxy) is 1. The quantitative estimate of drug-likeness (QED) is 0.704. The molecule has 0 bridgehead atoms. The lowest BCUT2D eigenvalue weighted by Gasteiger charge is -2.31. The zero-order chi connectivity index (χ0) is 16.1. The van der Waals surface area contributed by atoms with Gasteiger partial charge in [-0.3, -0.25) is 9.59 Å². The lowest BCUT2D eigenvalue weighted by Crippen LogP contribution is -3.17. The molecular weight excluding hydrogens is 282 g/mol. The second-order valence-corrected chi connectivity index (χ2v) is 5.77. The second kappa shape index (κ2) is 7.26. The molecule has 0 spiro atoms. The minimum Gasteiger partial charge on any atom is -0.497 e. The molecule has 1 heterocycles. The maximum atomic E-state index is 12.3. The lowest BCUT2D eigenvalue weighted by atomic mass is 9.95. The first-order valence-corrected chi connectivity index (χ1v) is 7.60. The summed E-state index contributed by atoms with van der Waals surface area (Å²) in [7, 11) is 1.61. The molecule has 1 aliphatic rings. The number of amides is 2. The Hall–Kier alpha value is -2.08. The highest BCUT2D eigenvalue weighted by molar-refractivity contribution is 5.93. The van der Waals surface area contributed by atoms with Crippen molar-refractivity contribution in [2.24, 2.45) is 11.7 Å². The van der Waals surface area contributed by atoms with Gasteiger partial charge < -0.3 is 20.7 Å². The highest BCUT2D eigenvalue weighted by atomic mass is 16.5. The van der Waals surface area contributed by atoms with Crippen LogP contribution in [0.2, 0.25) is 0 Å². The van der Waals surface area contributed by atoms with Gasteiger partial charge in [0.25, 0.3) is 5.91 Å². The third-order valence-electron chi connectivity index (χ3n) is 4.39. The van der Waals surface area contributed by atoms with Gasteiger partial charge in [-0.25, -0.2) is 0 Å². The van der Waals surface area contributed by atoms with Crippen molar-refractivity contribution < 1.29 is 19.2 Å². The Bertz CT molecular complexity index is 522. The molecule has 1 saturated heterocycles. The molecule has 1 fully saturated rings. The minimum absolute atomic E-state index is 0.0160. The fourth-order valence-electron chi connectivity index (χ4n) is 2.82. The highest BCUT2D eigenvalue weighted by Crippen LogP contribution is 2.15. The van der Waals surface area contributed by atoms with E-state index in [1.54, 1.807) is 7.11 Å². The van der Waals surface area contributed by atoms with Crippen molar-refractivity contribution in [3.63, 3.8) is 0 Å². The normalized spacial score (nSPS) is 22.6. The van der Waals surface area contributed by atoms with E-state index in [2.05, 4.69) is 5.32 Å². The summed E-state index contributed by atoms with van der Waals surface area (Å²) in [6.45, 7) is 3.51. The summed E-state index contributed by atoms with van der Waals surface area (Å²) in [6.07, 6.45) is 1.51. The molecule has 1 atom stereocenters. The average Bonchev–Trinajstić information content (AvgIpc) is 2.55. The van der Waals surface area contributed by atoms with Crippen LogP contribution in [0.5, 0.6) is 5.75 Å². The zero-order valence-electron chi connectivity index (χ0n) is 13.1. The molecule has 1 aromatic carbocycles. The summed E-state index contributed by atoms with van der Waals surface area (Å²) in [5, 5.41) is 2.92. The van der Waals surface area contributed by atoms with Gasteiger partial charge in [-0.1, -0.05) is 0 Å². The summed E-state index contributed by atoms with van der Waals surface area (Å²) in [6, 6.07) is 7.10. The predicted octanol–water partition coefficient (Wildman–Crippen LogP) is -0.198. The van der Waals surface area contributed by atoms with Gasteiger partial charge in [0.1, 0.15) is 5.75 Å². The molecule has 4 N–H and O–H groups in total. The van der Waals surface area contributed by atoms with Crippen molar-refractivity contribution in [3.05, 3.63) is 24.3 Å². The third kappa shape index (κ3) is 3.98. The topological polar surface area (TPSA) is 85.9 Å². The van der Waals surface area contributed by atoms with Gasteiger partial charge in [-0.2, -0.15) is 0 Å². The Morgan fingerprint density at radius 2 is 1.86 bits per heavy atom. The van der Waals surface area contributed by atoms with E-state index in [0.717, 1.165) is 37.4 Å². The Morgan fingerprint density at radius 3 is 2.36 bits per heavy atom. The molecule has 2 amide bonds. The van der Waals surface area contributed by atoms with Crippen molar-refractivity contribution >= 4 is 17.5 Å². The first kappa shape index (κ1) is 16.3. The summed E-state index contributed by atoms with van der Waals surface area (Å²) in [5.74, 6) is 0.470. The van der Waals surface area contributed by atoms with E-state index in [1.165, 1.54) is 4.90 Å². The van der Waals surface area contributed by atoms with Gasteiger partial charge in [0, 0.05) is 24.4 Å². The molecule has 0 aliphatic carbocycles. The Labute approximate surface area is 130 Å². The smallest absolute Gasteiger partial charge is 0.282 e. The van der Waals surface area contributed by atoms with Crippen LogP contribution in [-0.2, 0) is 9.59 Å². The van der Waals surface area contributed by atoms with Gasteiger partial charge in [0.05, 0.1) is 20.2 Å². The number of likely N-dealkylation sites (tertiary alicyclic amines) is 1. The van der Waals surface area contributed by atoms with Crippen molar-refractivity contribution in [2.45, 2.75) is 25.8 Å². The molecule has 0 radical (unpaired) electrons. The number of primary amides is 1. The van der Waals surface area contributed by atoms with E-state index < -0.39 is 0 Å². The second-order valence-electron chi connectivity index (χ2n) is 5.77. The first-order valence-electron chi connectivity index (χ1n) is 7.60. The standard InChI is InChI=1S/C16H23N3O3/c1-11(19-9-7-12(8-10-19)15(17)20)16(21)18-13-3-5-14(22-2)6-4-13/h3-6,11-12H,7-10H2,1-2H3,(H2,17,20)(H,18,21)/p+1/t11-/m1/s1. The Morgan fingerprint density at radius 1 is 1.27 bits per heavy atom. The number of methoxy groups -OCH3 is 1. The van der Waals surface area contributed by atoms with Crippen LogP contribution in [-0.4, -0.2) is 38.1 Å². The number of carbonyl (C=O) groups is 2. The van der Waals surface area contributed by atoms with Crippen LogP contribution < -0.4 is 20.7 Å². The number of piperidine rings is 1. The zero-order valence-corrected chi connectivity index (χ0v) is 13.1. The number of nitrogens with two attached hydrogens (primary N) is 1. The minimum atomic E-state index is -0.227. The van der Waals surface area contributed by atoms with E-state index in [4.69, 9.17) is 10.5 Å². The maximum Gasteiger partial charge on any atom is 0.282 e. The summed E-state index contributed by atoms with van der Waals surface area (Å²) >= 11 is 0. The van der Waals surface area contributed by atoms with Crippen LogP contribution in [0.3, 0.4) is 0 Å². The van der Waals surface area contributed by atoms with Crippen LogP contribution in [0.25, 0.3) is 0 Å². The number of anilines is 1. The molecular formula is C16H24N3O3+. The highest BCUT2D eigenvalue weighted by Gasteiger charge is 2.31. The number of quaternary nitrogens is 1. The van der Waals surface area contributed by atoms with Gasteiger partial charge in [0.15, 0.2) is 6.04 Å². The van der Waals surface area contributed by atoms with Crippen molar-refractivity contribution in [3.8, 4) is 5.75 Å². The third-order valence-corrected chi connectivity index (χ3v) is 4.39. The Balaban J connectivity index is 1.88. The molecule has 6 heteroatoms. The number of hydrogen-bond donors (Lipinski definition) is 3. The van der Waals surface area contributed by atoms with Gasteiger partial charge in [-0.05, 0) is 31.2 Å². The number of rotatable bonds is 5. The first-order chi connectivity index (χ1) is 10.5. The fraction of sp³-hybridized carbons (Fsp3) is 0.500. The lowest BCUT2D eigenvalue weighted by molar-refractivity contribution is -0.919. The maximum absolute atomic E-state index is 12.3. The SMILES string of the molecule is COc1ccc(NC(=O)[C@@H](C)[NH+]2CCC(C(N)=O)CC2)cc1. The molecule has 0 aromatic heterocycles. The number of nitrogens with one attached hydrogen (secondary N) is 2. The Kier molecular flexibility index (Phi) is 5.38. The summed E-state index contributed by atoms with van der Waals surface area (Å²) in [4.78, 5) is 24.7. The molecule has 120 valence electrons. The number of carbonyl (C=O) groups excluding carboxylic acids is 2. The molecule has 0 saturated carbocycles. The van der Waals surface area contributed by atoms with E-state index >= 15 is 0 Å². The fourth-order valence-corrected chi connectivity index (χ4v) is 2.82. The molecule has 6 nitrogen and oxygen atoms in total. The van der Waals surface area contributed by atoms with Gasteiger partial charge >= 0.3 is 0 Å². The molecule has 1 aliphatic heterocycles. The number of hydrogen-bond acceptors (Lipinski definition) is 3. The largest absolute Gasteiger partial charge is 0.497 e. The van der Waals surface area contributed by atoms with Crippen molar-refractivity contribution in [1.29, 1.82) is 0 Å². The van der Waals surface area contributed by atoms with E-state index in [9.17, 15) is 9.59 Å². The molecule has 22 heavy (non-hydrogen) atoms. The monoisotopic (exact) mass is 306 g/mol. The molecule has 2 rings (SSSR count). The van der Waals surface area contributed by atoms with Crippen LogP contribution >= 0.6 is 0 Å². The van der Waals surface area contributed by atoms with E-state index in [1.807, 2.05) is 31.2 Å². The predicted molar refractivity (Wildman–Crippen MR) is 83.7 cm³/mol. The van der Waals surface area contributed by atoms with Gasteiger partial charge in [0.2, 0.25) is 5.91 Å². The van der Waals surface area contributed by atoms with Crippen LogP contribution in [0, 0.1) is 5.92 Å². The number of benzene rings is 1. The van der Waals surface area contributed by atoms with Crippen LogP contribution in [0.1, 0.15) is 19.8 Å². The summed E-state index contributed by atoms with van der Waals surface area (Å²) < 4.78 is 5.09. The van der Waals surface area contributed by atoms with Crippen molar-refractivity contribution in [2.75, 3.05) is 25.5 Å². The van der Waals surface area contributed by atoms with Crippen molar-refractivity contribution in [1.82, 2.24) is 0 Å². The van der Waals surface area contributed by atoms with E-state index in [-0.39, 0.29) is 23.8 Å². The van der Waals surface area contributed by atoms with Crippen LogP contribution in [0.15, 0.2) is 24.3 Å². The molecule has 1 aromatic rings.